The quantitative estimate of drug-likeness (QED) is 0.187. The summed E-state index contributed by atoms with van der Waals surface area (Å²) in [5.41, 5.74) is 2.17. The van der Waals surface area contributed by atoms with Crippen molar-refractivity contribution in [1.29, 1.82) is 0 Å². The van der Waals surface area contributed by atoms with Crippen LogP contribution in [-0.4, -0.2) is 50.2 Å². The van der Waals surface area contributed by atoms with E-state index in [4.69, 9.17) is 9.84 Å². The number of amides is 2. The number of carbonyl (C=O) groups is 2. The lowest BCUT2D eigenvalue weighted by Crippen LogP contribution is -2.28. The zero-order valence-corrected chi connectivity index (χ0v) is 25.5. The topological polar surface area (TPSA) is 102 Å². The Morgan fingerprint density at radius 1 is 1.00 bits per heavy atom. The van der Waals surface area contributed by atoms with Gasteiger partial charge in [-0.15, -0.1) is 21.5 Å². The van der Waals surface area contributed by atoms with Crippen molar-refractivity contribution in [3.05, 3.63) is 124 Å². The van der Waals surface area contributed by atoms with E-state index in [1.54, 1.807) is 41.2 Å². The van der Waals surface area contributed by atoms with Gasteiger partial charge < -0.3 is 10.1 Å². The average Bonchev–Trinajstić information content (AvgIpc) is 3.84. The van der Waals surface area contributed by atoms with Gasteiger partial charge in [0.1, 0.15) is 17.4 Å². The van der Waals surface area contributed by atoms with Crippen LogP contribution in [0.1, 0.15) is 39.1 Å². The van der Waals surface area contributed by atoms with Crippen molar-refractivity contribution in [2.24, 2.45) is 5.10 Å². The van der Waals surface area contributed by atoms with Crippen LogP contribution >= 0.6 is 23.1 Å². The number of halogens is 2. The van der Waals surface area contributed by atoms with E-state index in [1.165, 1.54) is 35.3 Å². The Morgan fingerprint density at radius 3 is 2.49 bits per heavy atom. The first-order chi connectivity index (χ1) is 21.9. The molecule has 0 spiro atoms. The fraction of sp³-hybridized carbons (Fsp3) is 0.156. The van der Waals surface area contributed by atoms with Gasteiger partial charge in [-0.2, -0.15) is 5.10 Å². The third-order valence-electron chi connectivity index (χ3n) is 7.11. The highest BCUT2D eigenvalue weighted by atomic mass is 32.2. The second-order valence-electron chi connectivity index (χ2n) is 9.92. The largest absolute Gasteiger partial charge is 0.497 e. The summed E-state index contributed by atoms with van der Waals surface area (Å²) in [5.74, 6) is -0.927. The molecule has 2 amide bonds. The van der Waals surface area contributed by atoms with Crippen molar-refractivity contribution in [3.8, 4) is 11.4 Å². The van der Waals surface area contributed by atoms with Gasteiger partial charge in [0.15, 0.2) is 11.0 Å². The maximum Gasteiger partial charge on any atom is 0.254 e. The van der Waals surface area contributed by atoms with E-state index in [0.29, 0.717) is 28.8 Å². The number of nitrogens with one attached hydrogen (secondary N) is 1. The Balaban J connectivity index is 1.24. The third-order valence-corrected chi connectivity index (χ3v) is 8.94. The molecule has 0 saturated carbocycles. The highest BCUT2D eigenvalue weighted by molar-refractivity contribution is 7.99. The number of methoxy groups -OCH3 is 1. The summed E-state index contributed by atoms with van der Waals surface area (Å²) in [6.07, 6.45) is 0.556. The van der Waals surface area contributed by atoms with Crippen LogP contribution in [0.15, 0.2) is 101 Å². The van der Waals surface area contributed by atoms with Gasteiger partial charge in [-0.3, -0.25) is 14.2 Å². The molecule has 13 heteroatoms. The summed E-state index contributed by atoms with van der Waals surface area (Å²) in [7, 11) is 1.60. The zero-order chi connectivity index (χ0) is 31.3. The van der Waals surface area contributed by atoms with E-state index in [0.717, 1.165) is 27.9 Å². The molecular formula is C32H26F2N6O3S2. The van der Waals surface area contributed by atoms with E-state index in [2.05, 4.69) is 15.5 Å². The van der Waals surface area contributed by atoms with Gasteiger partial charge >= 0.3 is 0 Å². The number of hydrogen-bond donors (Lipinski definition) is 1. The Hall–Kier alpha value is -4.88. The minimum Gasteiger partial charge on any atom is -0.497 e. The molecule has 0 fully saturated rings. The molecule has 5 aromatic rings. The van der Waals surface area contributed by atoms with E-state index in [1.807, 2.05) is 41.8 Å². The first-order valence-corrected chi connectivity index (χ1v) is 15.7. The second-order valence-corrected chi connectivity index (χ2v) is 11.8. The molecule has 0 saturated heterocycles. The number of carbonyl (C=O) groups excluding carboxylic acids is 2. The van der Waals surface area contributed by atoms with Crippen molar-refractivity contribution in [1.82, 2.24) is 25.1 Å². The number of ether oxygens (including phenoxy) is 1. The van der Waals surface area contributed by atoms with Gasteiger partial charge in [0.05, 0.1) is 41.6 Å². The molecule has 9 nitrogen and oxygen atoms in total. The van der Waals surface area contributed by atoms with Crippen LogP contribution in [0, 0.1) is 11.6 Å². The molecule has 0 aliphatic carbocycles. The molecule has 3 aromatic carbocycles. The summed E-state index contributed by atoms with van der Waals surface area (Å²) in [6, 6.07) is 22.5. The van der Waals surface area contributed by atoms with Crippen LogP contribution < -0.4 is 10.1 Å². The summed E-state index contributed by atoms with van der Waals surface area (Å²) < 4.78 is 34.9. The Bertz CT molecular complexity index is 1840. The Morgan fingerprint density at radius 2 is 1.78 bits per heavy atom. The lowest BCUT2D eigenvalue weighted by Gasteiger charge is -2.22. The van der Waals surface area contributed by atoms with Gasteiger partial charge in [0.25, 0.3) is 11.8 Å². The van der Waals surface area contributed by atoms with E-state index < -0.39 is 17.5 Å². The molecule has 6 rings (SSSR count). The van der Waals surface area contributed by atoms with Crippen LogP contribution in [0.25, 0.3) is 5.69 Å². The monoisotopic (exact) mass is 644 g/mol. The van der Waals surface area contributed by atoms with Crippen molar-refractivity contribution >= 4 is 40.6 Å². The molecule has 1 aliphatic heterocycles. The molecular weight excluding hydrogens is 619 g/mol. The summed E-state index contributed by atoms with van der Waals surface area (Å²) in [5, 5.41) is 19.7. The van der Waals surface area contributed by atoms with Crippen molar-refractivity contribution in [2.45, 2.75) is 24.2 Å². The minimum atomic E-state index is -0.649. The van der Waals surface area contributed by atoms with E-state index in [-0.39, 0.29) is 29.8 Å². The number of thioether (sulfide) groups is 1. The third kappa shape index (κ3) is 6.64. The fourth-order valence-corrected chi connectivity index (χ4v) is 6.41. The van der Waals surface area contributed by atoms with Gasteiger partial charge in [-0.05, 0) is 65.5 Å². The van der Waals surface area contributed by atoms with E-state index >= 15 is 0 Å². The number of hydrazone groups is 1. The van der Waals surface area contributed by atoms with Crippen molar-refractivity contribution in [3.63, 3.8) is 0 Å². The molecule has 2 aromatic heterocycles. The number of nitrogens with zero attached hydrogens (tertiary/aromatic N) is 5. The smallest absolute Gasteiger partial charge is 0.254 e. The van der Waals surface area contributed by atoms with Gasteiger partial charge in [0.2, 0.25) is 0 Å². The highest BCUT2D eigenvalue weighted by Crippen LogP contribution is 2.35. The minimum absolute atomic E-state index is 0.0191. The molecule has 0 unspecified atom stereocenters. The van der Waals surface area contributed by atoms with Crippen molar-refractivity contribution in [2.75, 3.05) is 12.9 Å². The fourth-order valence-electron chi connectivity index (χ4n) is 4.87. The molecule has 3 heterocycles. The molecule has 1 atom stereocenters. The number of rotatable bonds is 10. The van der Waals surface area contributed by atoms with Crippen LogP contribution in [0.3, 0.4) is 0 Å². The van der Waals surface area contributed by atoms with Crippen LogP contribution in [0.2, 0.25) is 0 Å². The maximum atomic E-state index is 14.1. The normalized spacial score (nSPS) is 14.3. The van der Waals surface area contributed by atoms with Gasteiger partial charge in [0, 0.05) is 12.1 Å². The predicted octanol–water partition coefficient (Wildman–Crippen LogP) is 6.02. The van der Waals surface area contributed by atoms with Crippen molar-refractivity contribution < 1.29 is 23.1 Å². The zero-order valence-electron chi connectivity index (χ0n) is 23.9. The summed E-state index contributed by atoms with van der Waals surface area (Å²) in [4.78, 5) is 27.4. The first kappa shape index (κ1) is 30.2. The molecule has 0 bridgehead atoms. The summed E-state index contributed by atoms with van der Waals surface area (Å²) in [6.45, 7) is -0.0911. The Kier molecular flexibility index (Phi) is 8.98. The van der Waals surface area contributed by atoms with Crippen LogP contribution in [0.4, 0.5) is 8.78 Å². The number of thiophene rings is 1. The van der Waals surface area contributed by atoms with Gasteiger partial charge in [-0.25, -0.2) is 13.8 Å². The molecule has 1 N–H and O–H groups in total. The lowest BCUT2D eigenvalue weighted by molar-refractivity contribution is -0.130. The molecule has 0 radical (unpaired) electrons. The molecule has 45 heavy (non-hydrogen) atoms. The number of benzene rings is 3. The van der Waals surface area contributed by atoms with Gasteiger partial charge in [-0.1, -0.05) is 42.1 Å². The predicted molar refractivity (Wildman–Crippen MR) is 168 cm³/mol. The second kappa shape index (κ2) is 13.4. The summed E-state index contributed by atoms with van der Waals surface area (Å²) >= 11 is 2.71. The SMILES string of the molecule is COc1ccc([C@H]2CC(c3cccs3)=NN2C(=O)CSc2nnc(CNC(=O)c3ccccc3F)n2-c2ccc(F)cc2)cc1. The number of hydrogen-bond acceptors (Lipinski definition) is 8. The first-order valence-electron chi connectivity index (χ1n) is 13.8. The van der Waals surface area contributed by atoms with Crippen LogP contribution in [-0.2, 0) is 11.3 Å². The Labute approximate surface area is 265 Å². The van der Waals surface area contributed by atoms with E-state index in [9.17, 15) is 18.4 Å². The number of aromatic nitrogens is 3. The average molecular weight is 645 g/mol. The standard InChI is InChI=1S/C32H26F2N6O3S2/c1-43-23-14-8-20(9-15-23)27-17-26(28-7-4-16-44-28)38-40(27)30(41)19-45-32-37-36-29(39(32)22-12-10-21(33)11-13-22)18-35-31(42)24-5-2-3-6-25(24)34/h2-16,27H,17-19H2,1H3,(H,35,42)/t27-/m1/s1. The highest BCUT2D eigenvalue weighted by Gasteiger charge is 2.34. The lowest BCUT2D eigenvalue weighted by atomic mass is 10.0. The van der Waals surface area contributed by atoms with Crippen LogP contribution in [0.5, 0.6) is 5.75 Å². The maximum absolute atomic E-state index is 14.1. The molecule has 1 aliphatic rings. The molecule has 228 valence electrons.